The van der Waals surface area contributed by atoms with Gasteiger partial charge in [-0.05, 0) is 68.6 Å². The highest BCUT2D eigenvalue weighted by molar-refractivity contribution is 5.79. The van der Waals surface area contributed by atoms with Gasteiger partial charge in [-0.25, -0.2) is 9.37 Å². The Morgan fingerprint density at radius 1 is 1.06 bits per heavy atom. The molecule has 2 fully saturated rings. The van der Waals surface area contributed by atoms with E-state index in [0.717, 1.165) is 68.9 Å². The van der Waals surface area contributed by atoms with Crippen molar-refractivity contribution in [2.45, 2.75) is 44.7 Å². The minimum atomic E-state index is -0.250. The van der Waals surface area contributed by atoms with Gasteiger partial charge >= 0.3 is 0 Å². The van der Waals surface area contributed by atoms with Crippen LogP contribution >= 0.6 is 0 Å². The second-order valence-electron chi connectivity index (χ2n) is 9.00. The van der Waals surface area contributed by atoms with Crippen molar-refractivity contribution >= 4 is 5.91 Å². The third-order valence-electron chi connectivity index (χ3n) is 6.72. The van der Waals surface area contributed by atoms with Gasteiger partial charge in [-0.1, -0.05) is 18.2 Å². The number of likely N-dealkylation sites (tertiary alicyclic amines) is 2. The van der Waals surface area contributed by atoms with Crippen LogP contribution in [-0.2, 0) is 17.8 Å². The molecule has 8 heteroatoms. The van der Waals surface area contributed by atoms with Crippen LogP contribution in [0.2, 0.25) is 0 Å². The lowest BCUT2D eigenvalue weighted by Crippen LogP contribution is -2.42. The summed E-state index contributed by atoms with van der Waals surface area (Å²) in [4.78, 5) is 26.8. The van der Waals surface area contributed by atoms with Gasteiger partial charge in [0, 0.05) is 31.6 Å². The number of aromatic nitrogens is 4. The molecule has 1 N–H and O–H groups in total. The van der Waals surface area contributed by atoms with Crippen molar-refractivity contribution in [3.63, 3.8) is 0 Å². The summed E-state index contributed by atoms with van der Waals surface area (Å²) in [6, 6.07) is 12.3. The summed E-state index contributed by atoms with van der Waals surface area (Å²) < 4.78 is 13.1. The van der Waals surface area contributed by atoms with E-state index in [1.165, 1.54) is 12.1 Å². The molecule has 2 saturated heterocycles. The van der Waals surface area contributed by atoms with E-state index in [-0.39, 0.29) is 23.7 Å². The number of benzene rings is 1. The SMILES string of the molecule is O=C(C1CCN(Cc2ccccn2)CC1)N1CCC[C@H]1c1n[nH]c(Cc2ccc(F)cc2)n1. The number of H-pyrrole nitrogens is 1. The zero-order valence-electron chi connectivity index (χ0n) is 18.7. The number of aromatic amines is 1. The first kappa shape index (κ1) is 21.7. The van der Waals surface area contributed by atoms with Crippen LogP contribution in [0, 0.1) is 11.7 Å². The average molecular weight is 449 g/mol. The molecule has 1 atom stereocenters. The molecular weight excluding hydrogens is 419 g/mol. The van der Waals surface area contributed by atoms with Crippen molar-refractivity contribution in [1.82, 2.24) is 30.0 Å². The van der Waals surface area contributed by atoms with Crippen molar-refractivity contribution in [3.8, 4) is 0 Å². The van der Waals surface area contributed by atoms with Gasteiger partial charge in [0.2, 0.25) is 5.91 Å². The van der Waals surface area contributed by atoms with Crippen molar-refractivity contribution in [2.24, 2.45) is 5.92 Å². The third kappa shape index (κ3) is 5.11. The number of nitrogens with zero attached hydrogens (tertiary/aromatic N) is 5. The van der Waals surface area contributed by atoms with Gasteiger partial charge in [-0.3, -0.25) is 19.8 Å². The maximum Gasteiger partial charge on any atom is 0.226 e. The second kappa shape index (κ2) is 9.79. The van der Waals surface area contributed by atoms with Crippen LogP contribution in [-0.4, -0.2) is 55.5 Å². The van der Waals surface area contributed by atoms with Crippen molar-refractivity contribution < 1.29 is 9.18 Å². The Morgan fingerprint density at radius 2 is 1.88 bits per heavy atom. The normalized spacial score (nSPS) is 19.8. The van der Waals surface area contributed by atoms with E-state index >= 15 is 0 Å². The van der Waals surface area contributed by atoms with Gasteiger partial charge in [-0.15, -0.1) is 0 Å². The van der Waals surface area contributed by atoms with Gasteiger partial charge in [0.05, 0.1) is 11.7 Å². The molecule has 1 aromatic carbocycles. The summed E-state index contributed by atoms with van der Waals surface area (Å²) in [6.07, 6.45) is 5.99. The van der Waals surface area contributed by atoms with Crippen LogP contribution in [0.25, 0.3) is 0 Å². The second-order valence-corrected chi connectivity index (χ2v) is 9.00. The molecule has 0 radical (unpaired) electrons. The number of amides is 1. The predicted octanol–water partition coefficient (Wildman–Crippen LogP) is 3.51. The van der Waals surface area contributed by atoms with E-state index in [2.05, 4.69) is 25.1 Å². The zero-order valence-corrected chi connectivity index (χ0v) is 18.7. The quantitative estimate of drug-likeness (QED) is 0.625. The van der Waals surface area contributed by atoms with Crippen molar-refractivity contribution in [1.29, 1.82) is 0 Å². The maximum absolute atomic E-state index is 13.4. The summed E-state index contributed by atoms with van der Waals surface area (Å²) in [7, 11) is 0. The highest BCUT2D eigenvalue weighted by Gasteiger charge is 2.37. The number of hydrogen-bond donors (Lipinski definition) is 1. The number of halogens is 1. The standard InChI is InChI=1S/C25H29FN6O/c26-20-8-6-18(7-9-20)16-23-28-24(30-29-23)22-5-3-13-32(22)25(33)19-10-14-31(15-11-19)17-21-4-1-2-12-27-21/h1-2,4,6-9,12,19,22H,3,5,10-11,13-17H2,(H,28,29,30)/t22-/m0/s1. The molecule has 33 heavy (non-hydrogen) atoms. The van der Waals surface area contributed by atoms with E-state index in [1.54, 1.807) is 12.1 Å². The van der Waals surface area contributed by atoms with Gasteiger partial charge < -0.3 is 4.90 Å². The highest BCUT2D eigenvalue weighted by Crippen LogP contribution is 2.33. The number of rotatable bonds is 6. The molecule has 2 aliphatic rings. The molecular formula is C25H29FN6O. The number of hydrogen-bond acceptors (Lipinski definition) is 5. The molecule has 0 saturated carbocycles. The van der Waals surface area contributed by atoms with E-state index in [0.29, 0.717) is 12.2 Å². The van der Waals surface area contributed by atoms with E-state index in [4.69, 9.17) is 0 Å². The molecule has 4 heterocycles. The van der Waals surface area contributed by atoms with Crippen LogP contribution in [0.1, 0.15) is 54.6 Å². The summed E-state index contributed by atoms with van der Waals surface area (Å²) >= 11 is 0. The fourth-order valence-corrected chi connectivity index (χ4v) is 4.93. The molecule has 7 nitrogen and oxygen atoms in total. The number of pyridine rings is 1. The summed E-state index contributed by atoms with van der Waals surface area (Å²) in [5.74, 6) is 1.46. The molecule has 1 amide bonds. The number of carbonyl (C=O) groups excluding carboxylic acids is 1. The Balaban J connectivity index is 1.18. The Morgan fingerprint density at radius 3 is 2.64 bits per heavy atom. The summed E-state index contributed by atoms with van der Waals surface area (Å²) in [5, 5.41) is 7.44. The summed E-state index contributed by atoms with van der Waals surface area (Å²) in [5.41, 5.74) is 2.04. The Kier molecular flexibility index (Phi) is 6.44. The molecule has 3 aromatic rings. The van der Waals surface area contributed by atoms with Crippen molar-refractivity contribution in [3.05, 3.63) is 77.4 Å². The minimum Gasteiger partial charge on any atom is -0.332 e. The molecule has 2 aliphatic heterocycles. The minimum absolute atomic E-state index is 0.0585. The smallest absolute Gasteiger partial charge is 0.226 e. The Hall–Kier alpha value is -3.13. The first-order valence-corrected chi connectivity index (χ1v) is 11.7. The van der Waals surface area contributed by atoms with E-state index in [9.17, 15) is 9.18 Å². The first-order chi connectivity index (χ1) is 16.2. The van der Waals surface area contributed by atoms with Crippen molar-refractivity contribution in [2.75, 3.05) is 19.6 Å². The number of carbonyl (C=O) groups is 1. The molecule has 5 rings (SSSR count). The van der Waals surface area contributed by atoms with Gasteiger partial charge in [0.15, 0.2) is 5.82 Å². The first-order valence-electron chi connectivity index (χ1n) is 11.7. The van der Waals surface area contributed by atoms with Gasteiger partial charge in [0.1, 0.15) is 11.6 Å². The predicted molar refractivity (Wildman–Crippen MR) is 122 cm³/mol. The van der Waals surface area contributed by atoms with Gasteiger partial charge in [0.25, 0.3) is 0 Å². The van der Waals surface area contributed by atoms with Crippen LogP contribution in [0.4, 0.5) is 4.39 Å². The fraction of sp³-hybridized carbons (Fsp3) is 0.440. The van der Waals surface area contributed by atoms with Crippen LogP contribution in [0.5, 0.6) is 0 Å². The molecule has 0 spiro atoms. The average Bonchev–Trinajstić information content (AvgIpc) is 3.51. The van der Waals surface area contributed by atoms with Crippen LogP contribution in [0.3, 0.4) is 0 Å². The van der Waals surface area contributed by atoms with E-state index < -0.39 is 0 Å². The molecule has 0 bridgehead atoms. The third-order valence-corrected chi connectivity index (χ3v) is 6.72. The lowest BCUT2D eigenvalue weighted by molar-refractivity contribution is -0.138. The number of nitrogens with one attached hydrogen (secondary N) is 1. The van der Waals surface area contributed by atoms with Gasteiger partial charge in [-0.2, -0.15) is 5.10 Å². The summed E-state index contributed by atoms with van der Waals surface area (Å²) in [6.45, 7) is 3.42. The zero-order chi connectivity index (χ0) is 22.6. The molecule has 0 aliphatic carbocycles. The largest absolute Gasteiger partial charge is 0.332 e. The molecule has 2 aromatic heterocycles. The number of piperidine rings is 1. The lowest BCUT2D eigenvalue weighted by atomic mass is 9.94. The van der Waals surface area contributed by atoms with Crippen LogP contribution in [0.15, 0.2) is 48.7 Å². The fourth-order valence-electron chi connectivity index (χ4n) is 4.93. The topological polar surface area (TPSA) is 78.0 Å². The molecule has 172 valence electrons. The Labute approximate surface area is 193 Å². The monoisotopic (exact) mass is 448 g/mol. The van der Waals surface area contributed by atoms with Crippen LogP contribution < -0.4 is 0 Å². The van der Waals surface area contributed by atoms with E-state index in [1.807, 2.05) is 29.3 Å². The Bertz CT molecular complexity index is 1060. The maximum atomic E-state index is 13.4. The lowest BCUT2D eigenvalue weighted by Gasteiger charge is -2.34. The molecule has 0 unspecified atom stereocenters. The highest BCUT2D eigenvalue weighted by atomic mass is 19.1.